The Labute approximate surface area is 223 Å². The van der Waals surface area contributed by atoms with Crippen molar-refractivity contribution in [2.75, 3.05) is 13.7 Å². The van der Waals surface area contributed by atoms with Gasteiger partial charge in [-0.2, -0.15) is 0 Å². The van der Waals surface area contributed by atoms with Crippen molar-refractivity contribution >= 4 is 29.6 Å². The highest BCUT2D eigenvalue weighted by Crippen LogP contribution is 2.32. The monoisotopic (exact) mass is 542 g/mol. The Hall–Kier alpha value is -4.58. The van der Waals surface area contributed by atoms with E-state index in [9.17, 15) is 14.4 Å². The standard InChI is InChI=1S/C25H27ClN6O6/c1-36-18-8-9-22(20(26)11-18)37-17-6-4-16(5-7-17)12-31-23(33)21(3-2-10-30-24(27)34)32-25(35)38-19-13-28-15-29-14-19/h4-9,11,13-15,21H,2-3,10,12H2,1H3,(H,31,33)(H,32,35)(H3,27,30,34). The van der Waals surface area contributed by atoms with Gasteiger partial charge in [-0.05, 0) is 42.7 Å². The number of carbonyl (C=O) groups is 3. The molecule has 13 heteroatoms. The highest BCUT2D eigenvalue weighted by molar-refractivity contribution is 6.32. The number of amides is 4. The highest BCUT2D eigenvalue weighted by Gasteiger charge is 2.21. The normalized spacial score (nSPS) is 11.1. The predicted octanol–water partition coefficient (Wildman–Crippen LogP) is 3.15. The van der Waals surface area contributed by atoms with E-state index in [0.29, 0.717) is 28.7 Å². The van der Waals surface area contributed by atoms with Crippen LogP contribution in [-0.2, 0) is 11.3 Å². The summed E-state index contributed by atoms with van der Waals surface area (Å²) in [7, 11) is 1.55. The van der Waals surface area contributed by atoms with Crippen LogP contribution in [0.2, 0.25) is 5.02 Å². The number of methoxy groups -OCH3 is 1. The molecule has 0 spiro atoms. The molecule has 4 amide bonds. The molecule has 3 aromatic rings. The van der Waals surface area contributed by atoms with Gasteiger partial charge in [0, 0.05) is 19.2 Å². The van der Waals surface area contributed by atoms with Gasteiger partial charge >= 0.3 is 12.1 Å². The van der Waals surface area contributed by atoms with Crippen LogP contribution < -0.4 is 35.9 Å². The molecule has 1 aromatic heterocycles. The minimum atomic E-state index is -0.929. The second-order valence-corrected chi connectivity index (χ2v) is 8.26. The van der Waals surface area contributed by atoms with Crippen LogP contribution in [0.4, 0.5) is 9.59 Å². The molecule has 0 aliphatic heterocycles. The zero-order chi connectivity index (χ0) is 27.3. The van der Waals surface area contributed by atoms with Crippen LogP contribution in [0, 0.1) is 0 Å². The molecule has 1 atom stereocenters. The van der Waals surface area contributed by atoms with E-state index >= 15 is 0 Å². The largest absolute Gasteiger partial charge is 0.497 e. The summed E-state index contributed by atoms with van der Waals surface area (Å²) in [6.07, 6.45) is 3.68. The van der Waals surface area contributed by atoms with Crippen LogP contribution in [0.15, 0.2) is 61.2 Å². The summed E-state index contributed by atoms with van der Waals surface area (Å²) in [4.78, 5) is 43.6. The Morgan fingerprint density at radius 3 is 2.37 bits per heavy atom. The fourth-order valence-corrected chi connectivity index (χ4v) is 3.42. The lowest BCUT2D eigenvalue weighted by atomic mass is 10.1. The smallest absolute Gasteiger partial charge is 0.413 e. The minimum absolute atomic E-state index is 0.123. The molecule has 0 aliphatic carbocycles. The summed E-state index contributed by atoms with van der Waals surface area (Å²) in [6.45, 7) is 0.434. The number of rotatable bonds is 12. The molecule has 38 heavy (non-hydrogen) atoms. The van der Waals surface area contributed by atoms with Gasteiger partial charge in [-0.25, -0.2) is 19.6 Å². The van der Waals surface area contributed by atoms with Crippen molar-refractivity contribution in [3.63, 3.8) is 0 Å². The van der Waals surface area contributed by atoms with Gasteiger partial charge in [0.1, 0.15) is 29.6 Å². The van der Waals surface area contributed by atoms with E-state index in [1.54, 1.807) is 49.6 Å². The lowest BCUT2D eigenvalue weighted by Gasteiger charge is -2.18. The summed E-state index contributed by atoms with van der Waals surface area (Å²) in [5.41, 5.74) is 5.87. The molecule has 0 saturated heterocycles. The molecule has 0 bridgehead atoms. The average molecular weight is 543 g/mol. The van der Waals surface area contributed by atoms with E-state index < -0.39 is 24.1 Å². The molecular formula is C25H27ClN6O6. The second-order valence-electron chi connectivity index (χ2n) is 7.85. The molecular weight excluding hydrogens is 516 g/mol. The summed E-state index contributed by atoms with van der Waals surface area (Å²) >= 11 is 6.22. The molecule has 1 unspecified atom stereocenters. The first-order valence-electron chi connectivity index (χ1n) is 11.5. The van der Waals surface area contributed by atoms with Crippen LogP contribution in [-0.4, -0.2) is 47.7 Å². The first-order chi connectivity index (χ1) is 18.3. The summed E-state index contributed by atoms with van der Waals surface area (Å²) < 4.78 is 16.1. The fourth-order valence-electron chi connectivity index (χ4n) is 3.21. The maximum atomic E-state index is 12.9. The number of nitrogens with zero attached hydrogens (tertiary/aromatic N) is 2. The predicted molar refractivity (Wildman–Crippen MR) is 138 cm³/mol. The average Bonchev–Trinajstić information content (AvgIpc) is 2.91. The third-order valence-electron chi connectivity index (χ3n) is 5.08. The topological polar surface area (TPSA) is 167 Å². The van der Waals surface area contributed by atoms with Crippen LogP contribution in [0.25, 0.3) is 0 Å². The van der Waals surface area contributed by atoms with E-state index in [1.807, 2.05) is 0 Å². The van der Waals surface area contributed by atoms with Gasteiger partial charge in [-0.15, -0.1) is 0 Å². The van der Waals surface area contributed by atoms with Gasteiger partial charge in [-0.1, -0.05) is 23.7 Å². The minimum Gasteiger partial charge on any atom is -0.497 e. The maximum Gasteiger partial charge on any atom is 0.413 e. The summed E-state index contributed by atoms with van der Waals surface area (Å²) in [5, 5.41) is 8.16. The fraction of sp³-hybridized carbons (Fsp3) is 0.240. The van der Waals surface area contributed by atoms with E-state index in [1.165, 1.54) is 18.7 Å². The van der Waals surface area contributed by atoms with Crippen molar-refractivity contribution in [3.05, 3.63) is 71.8 Å². The van der Waals surface area contributed by atoms with Crippen LogP contribution in [0.3, 0.4) is 0 Å². The molecule has 0 radical (unpaired) electrons. The molecule has 12 nitrogen and oxygen atoms in total. The number of halogens is 1. The van der Waals surface area contributed by atoms with Crippen molar-refractivity contribution in [1.82, 2.24) is 25.9 Å². The lowest BCUT2D eigenvalue weighted by molar-refractivity contribution is -0.123. The van der Waals surface area contributed by atoms with Gasteiger partial charge in [-0.3, -0.25) is 4.79 Å². The molecule has 0 aliphatic rings. The quantitative estimate of drug-likeness (QED) is 0.253. The number of nitrogens with two attached hydrogens (primary N) is 1. The number of hydrogen-bond acceptors (Lipinski definition) is 8. The van der Waals surface area contributed by atoms with Gasteiger partial charge in [0.25, 0.3) is 0 Å². The van der Waals surface area contributed by atoms with Crippen molar-refractivity contribution in [3.8, 4) is 23.0 Å². The Kier molecular flexibility index (Phi) is 10.5. The molecule has 3 rings (SSSR count). The van der Waals surface area contributed by atoms with Crippen molar-refractivity contribution in [2.45, 2.75) is 25.4 Å². The third kappa shape index (κ3) is 9.13. The Morgan fingerprint density at radius 1 is 1.00 bits per heavy atom. The molecule has 0 saturated carbocycles. The summed E-state index contributed by atoms with van der Waals surface area (Å²) in [6, 6.07) is 10.6. The first-order valence-corrected chi connectivity index (χ1v) is 11.9. The van der Waals surface area contributed by atoms with E-state index in [0.717, 1.165) is 5.56 Å². The maximum absolute atomic E-state index is 12.9. The third-order valence-corrected chi connectivity index (χ3v) is 5.38. The lowest BCUT2D eigenvalue weighted by Crippen LogP contribution is -2.47. The Morgan fingerprint density at radius 2 is 1.71 bits per heavy atom. The molecule has 0 fully saturated rings. The first kappa shape index (κ1) is 28.0. The van der Waals surface area contributed by atoms with E-state index in [-0.39, 0.29) is 25.3 Å². The molecule has 5 N–H and O–H groups in total. The SMILES string of the molecule is COc1ccc(Oc2ccc(CNC(=O)C(CCCNC(N)=O)NC(=O)Oc3cncnc3)cc2)c(Cl)c1. The van der Waals surface area contributed by atoms with E-state index in [4.69, 9.17) is 31.5 Å². The van der Waals surface area contributed by atoms with Gasteiger partial charge < -0.3 is 35.9 Å². The van der Waals surface area contributed by atoms with E-state index in [2.05, 4.69) is 25.9 Å². The second kappa shape index (κ2) is 14.2. The van der Waals surface area contributed by atoms with Gasteiger partial charge in [0.05, 0.1) is 24.5 Å². The van der Waals surface area contributed by atoms with Crippen molar-refractivity contribution in [1.29, 1.82) is 0 Å². The van der Waals surface area contributed by atoms with Crippen LogP contribution in [0.1, 0.15) is 18.4 Å². The van der Waals surface area contributed by atoms with Crippen molar-refractivity contribution < 1.29 is 28.6 Å². The van der Waals surface area contributed by atoms with Gasteiger partial charge in [0.15, 0.2) is 5.75 Å². The number of benzene rings is 2. The number of primary amides is 1. The number of aromatic nitrogens is 2. The highest BCUT2D eigenvalue weighted by atomic mass is 35.5. The zero-order valence-corrected chi connectivity index (χ0v) is 21.2. The van der Waals surface area contributed by atoms with Crippen LogP contribution >= 0.6 is 11.6 Å². The molecule has 1 heterocycles. The number of urea groups is 1. The number of nitrogens with one attached hydrogen (secondary N) is 3. The van der Waals surface area contributed by atoms with Crippen molar-refractivity contribution in [2.24, 2.45) is 5.73 Å². The number of hydrogen-bond donors (Lipinski definition) is 4. The molecule has 2 aromatic carbocycles. The zero-order valence-electron chi connectivity index (χ0n) is 20.5. The molecule has 200 valence electrons. The Bertz CT molecular complexity index is 1230. The summed E-state index contributed by atoms with van der Waals surface area (Å²) in [5.74, 6) is 1.34. The van der Waals surface area contributed by atoms with Crippen LogP contribution in [0.5, 0.6) is 23.0 Å². The number of ether oxygens (including phenoxy) is 3. The number of carbonyl (C=O) groups excluding carboxylic acids is 3. The Balaban J connectivity index is 1.56. The van der Waals surface area contributed by atoms with Gasteiger partial charge in [0.2, 0.25) is 5.91 Å².